The summed E-state index contributed by atoms with van der Waals surface area (Å²) in [7, 11) is 0. The fourth-order valence-electron chi connectivity index (χ4n) is 2.23. The van der Waals surface area contributed by atoms with Gasteiger partial charge in [-0.05, 0) is 55.5 Å². The summed E-state index contributed by atoms with van der Waals surface area (Å²) in [5, 5.41) is 12.8. The molecule has 5 heteroatoms. The number of H-pyrrole nitrogens is 1. The van der Waals surface area contributed by atoms with E-state index in [1.54, 1.807) is 30.3 Å². The predicted molar refractivity (Wildman–Crippen MR) is 95.7 cm³/mol. The molecule has 1 heterocycles. The molecule has 0 radical (unpaired) electrons. The molecular weight excluding hydrogens is 304 g/mol. The minimum absolute atomic E-state index is 0.00206. The molecule has 124 valence electrons. The topological polar surface area (TPSA) is 82.2 Å². The highest BCUT2D eigenvalue weighted by Crippen LogP contribution is 2.21. The van der Waals surface area contributed by atoms with Crippen molar-refractivity contribution in [3.05, 3.63) is 59.7 Å². The van der Waals surface area contributed by atoms with Crippen molar-refractivity contribution in [3.63, 3.8) is 0 Å². The largest absolute Gasteiger partial charge is 0.508 e. The molecule has 0 spiro atoms. The molecule has 1 amide bonds. The number of fused-ring (bicyclic) bond motifs is 1. The van der Waals surface area contributed by atoms with Crippen molar-refractivity contribution in [3.8, 4) is 5.75 Å². The Bertz CT molecular complexity index is 864. The summed E-state index contributed by atoms with van der Waals surface area (Å²) >= 11 is 0. The summed E-state index contributed by atoms with van der Waals surface area (Å²) in [4.78, 5) is 26.6. The Hall–Kier alpha value is -3.08. The van der Waals surface area contributed by atoms with Crippen LogP contribution in [0.2, 0.25) is 0 Å². The average Bonchev–Trinajstić information content (AvgIpc) is 2.98. The molecule has 0 bridgehead atoms. The molecule has 0 saturated carbocycles. The number of rotatable bonds is 3. The highest BCUT2D eigenvalue weighted by Gasteiger charge is 2.09. The van der Waals surface area contributed by atoms with Gasteiger partial charge < -0.3 is 15.4 Å². The molecule has 0 aliphatic heterocycles. The van der Waals surface area contributed by atoms with Gasteiger partial charge in [-0.25, -0.2) is 0 Å². The van der Waals surface area contributed by atoms with Crippen LogP contribution in [0.3, 0.4) is 0 Å². The number of phenolic OH excluding ortho intramolecular Hbond substituents is 1. The number of aromatic hydroxyl groups is 1. The Labute approximate surface area is 140 Å². The second-order valence-electron chi connectivity index (χ2n) is 5.04. The lowest BCUT2D eigenvalue weighted by Crippen LogP contribution is -2.11. The van der Waals surface area contributed by atoms with Crippen LogP contribution in [-0.4, -0.2) is 21.8 Å². The van der Waals surface area contributed by atoms with E-state index < -0.39 is 0 Å². The summed E-state index contributed by atoms with van der Waals surface area (Å²) in [6.07, 6.45) is 0. The zero-order valence-corrected chi connectivity index (χ0v) is 13.9. The summed E-state index contributed by atoms with van der Waals surface area (Å²) < 4.78 is 0. The number of aromatic amines is 1. The maximum Gasteiger partial charge on any atom is 0.256 e. The van der Waals surface area contributed by atoms with Crippen LogP contribution in [0.4, 0.5) is 5.82 Å². The molecule has 24 heavy (non-hydrogen) atoms. The predicted octanol–water partition coefficient (Wildman–Crippen LogP) is 4.35. The molecule has 2 aromatic carbocycles. The number of benzene rings is 2. The Kier molecular flexibility index (Phi) is 5.37. The van der Waals surface area contributed by atoms with E-state index >= 15 is 0 Å². The van der Waals surface area contributed by atoms with Crippen molar-refractivity contribution >= 4 is 28.4 Å². The number of phenols is 1. The van der Waals surface area contributed by atoms with Gasteiger partial charge in [-0.2, -0.15) is 0 Å². The second-order valence-corrected chi connectivity index (χ2v) is 5.04. The molecule has 3 rings (SSSR count). The monoisotopic (exact) mass is 324 g/mol. The number of aromatic nitrogens is 1. The number of amides is 1. The lowest BCUT2D eigenvalue weighted by atomic mass is 10.1. The molecule has 0 unspecified atom stereocenters. The molecule has 0 fully saturated rings. The summed E-state index contributed by atoms with van der Waals surface area (Å²) in [5.41, 5.74) is 1.91. The van der Waals surface area contributed by atoms with Gasteiger partial charge in [-0.1, -0.05) is 13.8 Å². The first-order valence-corrected chi connectivity index (χ1v) is 7.77. The minimum Gasteiger partial charge on any atom is -0.508 e. The van der Waals surface area contributed by atoms with Crippen LogP contribution in [0.25, 0.3) is 10.9 Å². The standard InChI is InChI=1S/C17H14N2O3.C2H6/c1-10(20)12-4-7-15-13(8-12)9-16(18-15)19-17(22)11-2-5-14(21)6-3-11;1-2/h2-9,18,21H,1H3,(H,19,22);1-2H3. The number of ketones is 1. The number of hydrogen-bond acceptors (Lipinski definition) is 3. The van der Waals surface area contributed by atoms with E-state index in [-0.39, 0.29) is 17.4 Å². The number of nitrogens with one attached hydrogen (secondary N) is 2. The van der Waals surface area contributed by atoms with Crippen molar-refractivity contribution in [2.75, 3.05) is 5.32 Å². The maximum absolute atomic E-state index is 12.1. The highest BCUT2D eigenvalue weighted by molar-refractivity contribution is 6.05. The van der Waals surface area contributed by atoms with Crippen LogP contribution in [0, 0.1) is 0 Å². The van der Waals surface area contributed by atoms with E-state index in [1.165, 1.54) is 19.1 Å². The summed E-state index contributed by atoms with van der Waals surface area (Å²) in [6, 6.07) is 13.1. The zero-order chi connectivity index (χ0) is 17.7. The molecule has 0 aliphatic carbocycles. The van der Waals surface area contributed by atoms with Gasteiger partial charge in [0.15, 0.2) is 5.78 Å². The zero-order valence-electron chi connectivity index (χ0n) is 13.9. The number of anilines is 1. The molecule has 5 nitrogen and oxygen atoms in total. The second kappa shape index (κ2) is 7.46. The van der Waals surface area contributed by atoms with Crippen LogP contribution < -0.4 is 5.32 Å². The Morgan fingerprint density at radius 2 is 1.58 bits per heavy atom. The Morgan fingerprint density at radius 3 is 2.21 bits per heavy atom. The minimum atomic E-state index is -0.279. The molecule has 0 aliphatic rings. The third kappa shape index (κ3) is 3.81. The average molecular weight is 324 g/mol. The van der Waals surface area contributed by atoms with Gasteiger partial charge in [0, 0.05) is 22.0 Å². The van der Waals surface area contributed by atoms with Crippen LogP contribution in [0.5, 0.6) is 5.75 Å². The van der Waals surface area contributed by atoms with Crippen molar-refractivity contribution in [2.45, 2.75) is 20.8 Å². The Morgan fingerprint density at radius 1 is 0.958 bits per heavy atom. The Balaban J connectivity index is 0.00000100. The molecule has 0 atom stereocenters. The van der Waals surface area contributed by atoms with Crippen molar-refractivity contribution in [1.29, 1.82) is 0 Å². The van der Waals surface area contributed by atoms with E-state index in [4.69, 9.17) is 0 Å². The summed E-state index contributed by atoms with van der Waals surface area (Å²) in [6.45, 7) is 5.52. The first-order valence-electron chi connectivity index (χ1n) is 7.77. The van der Waals surface area contributed by atoms with Crippen LogP contribution >= 0.6 is 0 Å². The van der Waals surface area contributed by atoms with E-state index in [0.29, 0.717) is 16.9 Å². The van der Waals surface area contributed by atoms with E-state index in [2.05, 4.69) is 10.3 Å². The van der Waals surface area contributed by atoms with E-state index in [9.17, 15) is 14.7 Å². The van der Waals surface area contributed by atoms with Gasteiger partial charge in [0.05, 0.1) is 0 Å². The van der Waals surface area contributed by atoms with Crippen LogP contribution in [0.1, 0.15) is 41.5 Å². The first-order chi connectivity index (χ1) is 11.5. The molecule has 3 N–H and O–H groups in total. The lowest BCUT2D eigenvalue weighted by molar-refractivity contribution is 0.101. The van der Waals surface area contributed by atoms with Crippen LogP contribution in [0.15, 0.2) is 48.5 Å². The molecular formula is C19H20N2O3. The number of hydrogen-bond donors (Lipinski definition) is 3. The van der Waals surface area contributed by atoms with Gasteiger partial charge in [0.2, 0.25) is 0 Å². The quantitative estimate of drug-likeness (QED) is 0.626. The number of Topliss-reactive ketones (excluding diaryl/α,β-unsaturated/α-hetero) is 1. The third-order valence-corrected chi connectivity index (χ3v) is 3.40. The number of carbonyl (C=O) groups is 2. The summed E-state index contributed by atoms with van der Waals surface area (Å²) in [5.74, 6) is 0.379. The molecule has 0 saturated heterocycles. The smallest absolute Gasteiger partial charge is 0.256 e. The van der Waals surface area contributed by atoms with Gasteiger partial charge in [0.1, 0.15) is 11.6 Å². The van der Waals surface area contributed by atoms with Gasteiger partial charge in [-0.3, -0.25) is 9.59 Å². The fourth-order valence-corrected chi connectivity index (χ4v) is 2.23. The van der Waals surface area contributed by atoms with E-state index in [0.717, 1.165) is 10.9 Å². The van der Waals surface area contributed by atoms with Crippen molar-refractivity contribution in [2.24, 2.45) is 0 Å². The van der Waals surface area contributed by atoms with Gasteiger partial charge >= 0.3 is 0 Å². The van der Waals surface area contributed by atoms with Crippen LogP contribution in [-0.2, 0) is 0 Å². The normalized spacial score (nSPS) is 9.96. The number of carbonyl (C=O) groups excluding carboxylic acids is 2. The van der Waals surface area contributed by atoms with Gasteiger partial charge in [-0.15, -0.1) is 0 Å². The highest BCUT2D eigenvalue weighted by atomic mass is 16.3. The first kappa shape index (κ1) is 17.3. The SMILES string of the molecule is CC.CC(=O)c1ccc2[nH]c(NC(=O)c3ccc(O)cc3)cc2c1. The molecule has 3 aromatic rings. The third-order valence-electron chi connectivity index (χ3n) is 3.40. The van der Waals surface area contributed by atoms with Gasteiger partial charge in [0.25, 0.3) is 5.91 Å². The fraction of sp³-hybridized carbons (Fsp3) is 0.158. The maximum atomic E-state index is 12.1. The van der Waals surface area contributed by atoms with Crippen molar-refractivity contribution < 1.29 is 14.7 Å². The molecule has 1 aromatic heterocycles. The van der Waals surface area contributed by atoms with E-state index in [1.807, 2.05) is 19.9 Å². The van der Waals surface area contributed by atoms with Crippen molar-refractivity contribution in [1.82, 2.24) is 4.98 Å². The lowest BCUT2D eigenvalue weighted by Gasteiger charge is -2.02.